The molecule has 3 N–H and O–H groups in total. The summed E-state index contributed by atoms with van der Waals surface area (Å²) in [5, 5.41) is 20.5. The van der Waals surface area contributed by atoms with Crippen molar-refractivity contribution in [2.75, 3.05) is 18.4 Å². The molecular formula is C13H14N2O5. The number of amides is 1. The van der Waals surface area contributed by atoms with Gasteiger partial charge >= 0.3 is 11.9 Å². The van der Waals surface area contributed by atoms with Crippen molar-refractivity contribution in [1.29, 1.82) is 0 Å². The molecule has 0 aliphatic carbocycles. The van der Waals surface area contributed by atoms with Crippen LogP contribution in [0.1, 0.15) is 5.56 Å². The fraction of sp³-hybridized carbons (Fsp3) is 0.308. The second-order valence-corrected chi connectivity index (χ2v) is 4.54. The lowest BCUT2D eigenvalue weighted by molar-refractivity contribution is -0.149. The Hall–Kier alpha value is -2.57. The van der Waals surface area contributed by atoms with E-state index >= 15 is 0 Å². The summed E-state index contributed by atoms with van der Waals surface area (Å²) in [4.78, 5) is 34.5. The van der Waals surface area contributed by atoms with Gasteiger partial charge in [0.05, 0.1) is 0 Å². The molecule has 0 spiro atoms. The lowest BCUT2D eigenvalue weighted by Crippen LogP contribution is -2.46. The summed E-state index contributed by atoms with van der Waals surface area (Å²) in [5.41, 5.74) is 1.77. The second kappa shape index (κ2) is 5.60. The number of carboxylic acid groups (broad SMARTS) is 2. The number of nitrogens with one attached hydrogen (secondary N) is 1. The van der Waals surface area contributed by atoms with Crippen LogP contribution in [-0.2, 0) is 20.8 Å². The number of rotatable bonds is 5. The fourth-order valence-corrected chi connectivity index (χ4v) is 2.21. The summed E-state index contributed by atoms with van der Waals surface area (Å²) < 4.78 is 0. The van der Waals surface area contributed by atoms with Crippen LogP contribution in [0, 0.1) is 0 Å². The molecular weight excluding hydrogens is 264 g/mol. The van der Waals surface area contributed by atoms with Crippen LogP contribution < -0.4 is 5.32 Å². The van der Waals surface area contributed by atoms with E-state index in [0.29, 0.717) is 6.42 Å². The highest BCUT2D eigenvalue weighted by atomic mass is 16.4. The number of nitrogens with zero attached hydrogens (tertiary/aromatic N) is 1. The van der Waals surface area contributed by atoms with E-state index in [2.05, 4.69) is 5.32 Å². The van der Waals surface area contributed by atoms with Gasteiger partial charge in [0, 0.05) is 12.1 Å². The summed E-state index contributed by atoms with van der Waals surface area (Å²) in [6.45, 7) is -1.25. The van der Waals surface area contributed by atoms with Gasteiger partial charge in [-0.25, -0.2) is 0 Å². The van der Waals surface area contributed by atoms with Gasteiger partial charge in [-0.3, -0.25) is 14.4 Å². The van der Waals surface area contributed by atoms with E-state index in [9.17, 15) is 14.4 Å². The van der Waals surface area contributed by atoms with Gasteiger partial charge in [-0.1, -0.05) is 18.2 Å². The molecule has 0 unspecified atom stereocenters. The van der Waals surface area contributed by atoms with Crippen molar-refractivity contribution < 1.29 is 24.6 Å². The summed E-state index contributed by atoms with van der Waals surface area (Å²) >= 11 is 0. The summed E-state index contributed by atoms with van der Waals surface area (Å²) in [7, 11) is 0. The van der Waals surface area contributed by atoms with Crippen LogP contribution in [0.4, 0.5) is 5.69 Å². The van der Waals surface area contributed by atoms with E-state index in [0.717, 1.165) is 16.2 Å². The molecule has 1 amide bonds. The van der Waals surface area contributed by atoms with Gasteiger partial charge in [-0.2, -0.15) is 0 Å². The van der Waals surface area contributed by atoms with Crippen molar-refractivity contribution >= 4 is 23.5 Å². The number of para-hydroxylation sites is 1. The van der Waals surface area contributed by atoms with Crippen molar-refractivity contribution in [3.8, 4) is 0 Å². The third-order valence-corrected chi connectivity index (χ3v) is 3.03. The maximum atomic E-state index is 12.2. The lowest BCUT2D eigenvalue weighted by Gasteiger charge is -2.22. The SMILES string of the molecule is O=C(O)CN(CC(=O)O)C(=O)[C@@H]1Cc2ccccc2N1. The lowest BCUT2D eigenvalue weighted by atomic mass is 10.1. The molecule has 2 rings (SSSR count). The van der Waals surface area contributed by atoms with Crippen molar-refractivity contribution in [1.82, 2.24) is 4.90 Å². The molecule has 106 valence electrons. The minimum atomic E-state index is -1.24. The largest absolute Gasteiger partial charge is 0.480 e. The van der Waals surface area contributed by atoms with Crippen LogP contribution in [0.3, 0.4) is 0 Å². The Morgan fingerprint density at radius 2 is 1.75 bits per heavy atom. The van der Waals surface area contributed by atoms with E-state index < -0.39 is 37.0 Å². The van der Waals surface area contributed by atoms with Crippen molar-refractivity contribution in [3.05, 3.63) is 29.8 Å². The number of benzene rings is 1. The van der Waals surface area contributed by atoms with Gasteiger partial charge in [0.15, 0.2) is 0 Å². The predicted molar refractivity (Wildman–Crippen MR) is 69.4 cm³/mol. The normalized spacial score (nSPS) is 16.1. The van der Waals surface area contributed by atoms with E-state index in [4.69, 9.17) is 10.2 Å². The molecule has 0 fully saturated rings. The third kappa shape index (κ3) is 3.05. The quantitative estimate of drug-likeness (QED) is 0.701. The average Bonchev–Trinajstić information content (AvgIpc) is 2.79. The number of anilines is 1. The zero-order valence-corrected chi connectivity index (χ0v) is 10.6. The first-order valence-corrected chi connectivity index (χ1v) is 6.04. The standard InChI is InChI=1S/C13H14N2O5/c16-11(17)6-15(7-12(18)19)13(20)10-5-8-3-1-2-4-9(8)14-10/h1-4,10,14H,5-7H2,(H,16,17)(H,18,19)/t10-/m0/s1. The van der Waals surface area contributed by atoms with Gasteiger partial charge in [0.1, 0.15) is 19.1 Å². The van der Waals surface area contributed by atoms with Gasteiger partial charge in [-0.05, 0) is 11.6 Å². The van der Waals surface area contributed by atoms with Gasteiger partial charge in [0.25, 0.3) is 0 Å². The molecule has 0 saturated heterocycles. The molecule has 0 aromatic heterocycles. The van der Waals surface area contributed by atoms with Crippen LogP contribution in [0.5, 0.6) is 0 Å². The number of carbonyl (C=O) groups excluding carboxylic acids is 1. The Kier molecular flexibility index (Phi) is 3.88. The van der Waals surface area contributed by atoms with Gasteiger partial charge in [0.2, 0.25) is 5.91 Å². The Balaban J connectivity index is 2.09. The number of carboxylic acids is 2. The zero-order valence-electron chi connectivity index (χ0n) is 10.6. The van der Waals surface area contributed by atoms with Crippen LogP contribution in [-0.4, -0.2) is 52.1 Å². The minimum Gasteiger partial charge on any atom is -0.480 e. The monoisotopic (exact) mass is 278 g/mol. The number of fused-ring (bicyclic) bond motifs is 1. The molecule has 0 bridgehead atoms. The minimum absolute atomic E-state index is 0.421. The Morgan fingerprint density at radius 3 is 2.30 bits per heavy atom. The second-order valence-electron chi connectivity index (χ2n) is 4.54. The maximum Gasteiger partial charge on any atom is 0.323 e. The van der Waals surface area contributed by atoms with Crippen molar-refractivity contribution in [2.45, 2.75) is 12.5 Å². The summed E-state index contributed by atoms with van der Waals surface area (Å²) in [6, 6.07) is 6.74. The first kappa shape index (κ1) is 13.9. The molecule has 1 aromatic rings. The third-order valence-electron chi connectivity index (χ3n) is 3.03. The van der Waals surface area contributed by atoms with Gasteiger partial charge < -0.3 is 20.4 Å². The highest BCUT2D eigenvalue weighted by molar-refractivity contribution is 5.91. The van der Waals surface area contributed by atoms with E-state index in [1.54, 1.807) is 0 Å². The number of hydrogen-bond donors (Lipinski definition) is 3. The molecule has 0 saturated carbocycles. The number of hydrogen-bond acceptors (Lipinski definition) is 4. The molecule has 1 aliphatic rings. The highest BCUT2D eigenvalue weighted by Crippen LogP contribution is 2.25. The van der Waals surface area contributed by atoms with Crippen molar-refractivity contribution in [3.63, 3.8) is 0 Å². The molecule has 1 aromatic carbocycles. The topological polar surface area (TPSA) is 107 Å². The zero-order chi connectivity index (χ0) is 14.7. The Bertz CT molecular complexity index is 516. The number of carbonyl (C=O) groups is 3. The molecule has 7 heteroatoms. The van der Waals surface area contributed by atoms with Crippen LogP contribution in [0.2, 0.25) is 0 Å². The first-order chi connectivity index (χ1) is 9.47. The van der Waals surface area contributed by atoms with Crippen LogP contribution in [0.15, 0.2) is 24.3 Å². The van der Waals surface area contributed by atoms with Gasteiger partial charge in [-0.15, -0.1) is 0 Å². The highest BCUT2D eigenvalue weighted by Gasteiger charge is 2.31. The van der Waals surface area contributed by atoms with E-state index in [1.807, 2.05) is 24.3 Å². The molecule has 1 heterocycles. The Labute approximate surface area is 114 Å². The molecule has 0 radical (unpaired) electrons. The van der Waals surface area contributed by atoms with Crippen LogP contribution >= 0.6 is 0 Å². The fourth-order valence-electron chi connectivity index (χ4n) is 2.21. The van der Waals surface area contributed by atoms with Crippen molar-refractivity contribution in [2.24, 2.45) is 0 Å². The molecule has 1 atom stereocenters. The average molecular weight is 278 g/mol. The maximum absolute atomic E-state index is 12.2. The van der Waals surface area contributed by atoms with E-state index in [1.165, 1.54) is 0 Å². The van der Waals surface area contributed by atoms with Crippen LogP contribution in [0.25, 0.3) is 0 Å². The summed E-state index contributed by atoms with van der Waals surface area (Å²) in [5.74, 6) is -3.00. The molecule has 7 nitrogen and oxygen atoms in total. The smallest absolute Gasteiger partial charge is 0.323 e. The first-order valence-electron chi connectivity index (χ1n) is 6.04. The predicted octanol–water partition coefficient (Wildman–Crippen LogP) is 0.0210. The molecule has 20 heavy (non-hydrogen) atoms. The molecule has 1 aliphatic heterocycles. The van der Waals surface area contributed by atoms with E-state index in [-0.39, 0.29) is 0 Å². The summed E-state index contributed by atoms with van der Waals surface area (Å²) in [6.07, 6.45) is 0.421. The number of aliphatic carboxylic acids is 2. The Morgan fingerprint density at radius 1 is 1.15 bits per heavy atom.